The van der Waals surface area contributed by atoms with Crippen molar-refractivity contribution < 1.29 is 4.74 Å². The second-order valence-electron chi connectivity index (χ2n) is 5.17. The molecule has 3 heteroatoms. The van der Waals surface area contributed by atoms with Crippen LogP contribution in [-0.4, -0.2) is 7.05 Å². The molecule has 1 heterocycles. The molecule has 0 saturated heterocycles. The van der Waals surface area contributed by atoms with Crippen LogP contribution in [0.5, 0.6) is 11.5 Å². The molecule has 22 heavy (non-hydrogen) atoms. The Hall–Kier alpha value is -2.94. The van der Waals surface area contributed by atoms with Gasteiger partial charge < -0.3 is 15.0 Å². The van der Waals surface area contributed by atoms with Crippen LogP contribution in [0.4, 0.5) is 22.7 Å². The second-order valence-corrected chi connectivity index (χ2v) is 5.17. The Morgan fingerprint density at radius 2 is 1.27 bits per heavy atom. The molecule has 0 saturated carbocycles. The van der Waals surface area contributed by atoms with Crippen LogP contribution in [-0.2, 0) is 0 Å². The first-order valence-electron chi connectivity index (χ1n) is 7.31. The molecule has 3 aromatic rings. The van der Waals surface area contributed by atoms with Gasteiger partial charge in [-0.1, -0.05) is 24.3 Å². The largest absolute Gasteiger partial charge is 0.453 e. The molecule has 0 unspecified atom stereocenters. The number of hydrogen-bond donors (Lipinski definition) is 1. The van der Waals surface area contributed by atoms with Crippen molar-refractivity contribution in [1.82, 2.24) is 0 Å². The van der Waals surface area contributed by atoms with Crippen molar-refractivity contribution in [3.63, 3.8) is 0 Å². The summed E-state index contributed by atoms with van der Waals surface area (Å²) in [4.78, 5) is 2.23. The normalized spacial score (nSPS) is 12.1. The zero-order chi connectivity index (χ0) is 14.9. The summed E-state index contributed by atoms with van der Waals surface area (Å²) < 4.78 is 6.02. The molecule has 0 radical (unpaired) electrons. The van der Waals surface area contributed by atoms with Crippen LogP contribution in [0.2, 0.25) is 0 Å². The van der Waals surface area contributed by atoms with Crippen LogP contribution in [0.3, 0.4) is 0 Å². The Kier molecular flexibility index (Phi) is 2.97. The van der Waals surface area contributed by atoms with Crippen molar-refractivity contribution in [3.05, 3.63) is 72.8 Å². The standard InChI is InChI=1S/C19H16N2O/c1-20-14-10-12-15(13-11-14)21-16-6-2-4-8-18(16)22-19-9-5-3-7-17(19)21/h2-13,20H,1H3. The Bertz CT molecular complexity index is 766. The Morgan fingerprint density at radius 3 is 1.82 bits per heavy atom. The molecule has 3 aromatic carbocycles. The number of hydrogen-bond acceptors (Lipinski definition) is 3. The van der Waals surface area contributed by atoms with E-state index in [2.05, 4.69) is 46.6 Å². The molecule has 3 nitrogen and oxygen atoms in total. The number of ether oxygens (including phenoxy) is 1. The fourth-order valence-electron chi connectivity index (χ4n) is 2.76. The fraction of sp³-hybridized carbons (Fsp3) is 0.0526. The van der Waals surface area contributed by atoms with Crippen LogP contribution in [0, 0.1) is 0 Å². The van der Waals surface area contributed by atoms with Gasteiger partial charge in [0.1, 0.15) is 0 Å². The molecule has 0 aliphatic carbocycles. The average molecular weight is 288 g/mol. The van der Waals surface area contributed by atoms with E-state index in [-0.39, 0.29) is 0 Å². The highest BCUT2D eigenvalue weighted by atomic mass is 16.5. The maximum atomic E-state index is 6.02. The molecule has 0 bridgehead atoms. The molecular weight excluding hydrogens is 272 g/mol. The van der Waals surface area contributed by atoms with Gasteiger partial charge in [-0.25, -0.2) is 0 Å². The molecule has 0 atom stereocenters. The van der Waals surface area contributed by atoms with E-state index in [0.29, 0.717) is 0 Å². The molecular formula is C19H16N2O. The van der Waals surface area contributed by atoms with Gasteiger partial charge >= 0.3 is 0 Å². The van der Waals surface area contributed by atoms with E-state index in [4.69, 9.17) is 4.74 Å². The molecule has 0 amide bonds. The van der Waals surface area contributed by atoms with E-state index in [0.717, 1.165) is 34.2 Å². The number of nitrogens with one attached hydrogen (secondary N) is 1. The summed E-state index contributed by atoms with van der Waals surface area (Å²) in [5, 5.41) is 3.15. The van der Waals surface area contributed by atoms with E-state index < -0.39 is 0 Å². The number of rotatable bonds is 2. The van der Waals surface area contributed by atoms with Gasteiger partial charge in [-0.2, -0.15) is 0 Å². The highest BCUT2D eigenvalue weighted by Gasteiger charge is 2.24. The number of anilines is 4. The summed E-state index contributed by atoms with van der Waals surface area (Å²) in [6.45, 7) is 0. The van der Waals surface area contributed by atoms with Crippen molar-refractivity contribution >= 4 is 22.7 Å². The molecule has 0 aromatic heterocycles. The molecule has 1 aliphatic heterocycles. The fourth-order valence-corrected chi connectivity index (χ4v) is 2.76. The summed E-state index contributed by atoms with van der Waals surface area (Å²) in [5.41, 5.74) is 4.32. The molecule has 108 valence electrons. The first-order chi connectivity index (χ1) is 10.9. The minimum Gasteiger partial charge on any atom is -0.453 e. The number of benzene rings is 3. The van der Waals surface area contributed by atoms with Crippen LogP contribution in [0.1, 0.15) is 0 Å². The summed E-state index contributed by atoms with van der Waals surface area (Å²) >= 11 is 0. The minimum atomic E-state index is 0.874. The predicted octanol–water partition coefficient (Wildman–Crippen LogP) is 5.30. The van der Waals surface area contributed by atoms with Gasteiger partial charge in [0.2, 0.25) is 0 Å². The lowest BCUT2D eigenvalue weighted by atomic mass is 10.1. The van der Waals surface area contributed by atoms with Crippen molar-refractivity contribution in [1.29, 1.82) is 0 Å². The second kappa shape index (κ2) is 5.11. The summed E-state index contributed by atoms with van der Waals surface area (Å²) in [6, 6.07) is 24.6. The van der Waals surface area contributed by atoms with Gasteiger partial charge in [-0.15, -0.1) is 0 Å². The summed E-state index contributed by atoms with van der Waals surface area (Å²) in [7, 11) is 1.92. The van der Waals surface area contributed by atoms with Gasteiger partial charge in [-0.05, 0) is 48.5 Å². The lowest BCUT2D eigenvalue weighted by Gasteiger charge is -2.32. The molecule has 1 N–H and O–H groups in total. The van der Waals surface area contributed by atoms with Crippen molar-refractivity contribution in [3.8, 4) is 11.5 Å². The number of fused-ring (bicyclic) bond motifs is 2. The highest BCUT2D eigenvalue weighted by molar-refractivity contribution is 5.86. The monoisotopic (exact) mass is 288 g/mol. The Labute approximate surface area is 129 Å². The summed E-state index contributed by atoms with van der Waals surface area (Å²) in [5.74, 6) is 1.75. The van der Waals surface area contributed by atoms with Crippen molar-refractivity contribution in [2.24, 2.45) is 0 Å². The van der Waals surface area contributed by atoms with E-state index in [1.54, 1.807) is 0 Å². The van der Waals surface area contributed by atoms with E-state index >= 15 is 0 Å². The average Bonchev–Trinajstić information content (AvgIpc) is 2.60. The molecule has 4 rings (SSSR count). The molecule has 0 spiro atoms. The third-order valence-corrected chi connectivity index (χ3v) is 3.85. The smallest absolute Gasteiger partial charge is 0.151 e. The lowest BCUT2D eigenvalue weighted by Crippen LogP contribution is -2.15. The van der Waals surface area contributed by atoms with Gasteiger partial charge in [-0.3, -0.25) is 0 Å². The van der Waals surface area contributed by atoms with Gasteiger partial charge in [0, 0.05) is 18.4 Å². The third kappa shape index (κ3) is 1.99. The maximum Gasteiger partial charge on any atom is 0.151 e. The van der Waals surface area contributed by atoms with Gasteiger partial charge in [0.25, 0.3) is 0 Å². The first-order valence-corrected chi connectivity index (χ1v) is 7.31. The van der Waals surface area contributed by atoms with Gasteiger partial charge in [0.05, 0.1) is 11.4 Å². The molecule has 1 aliphatic rings. The van der Waals surface area contributed by atoms with Crippen molar-refractivity contribution in [2.75, 3.05) is 17.3 Å². The van der Waals surface area contributed by atoms with Crippen LogP contribution >= 0.6 is 0 Å². The first kappa shape index (κ1) is 12.8. The summed E-state index contributed by atoms with van der Waals surface area (Å²) in [6.07, 6.45) is 0. The number of para-hydroxylation sites is 4. The van der Waals surface area contributed by atoms with E-state index in [1.165, 1.54) is 0 Å². The lowest BCUT2D eigenvalue weighted by molar-refractivity contribution is 0.477. The Balaban J connectivity index is 1.90. The zero-order valence-electron chi connectivity index (χ0n) is 12.3. The van der Waals surface area contributed by atoms with Crippen molar-refractivity contribution in [2.45, 2.75) is 0 Å². The SMILES string of the molecule is CNc1ccc(N2c3ccccc3Oc3ccccc32)cc1. The highest BCUT2D eigenvalue weighted by Crippen LogP contribution is 2.49. The quantitative estimate of drug-likeness (QED) is 0.541. The van der Waals surface area contributed by atoms with Crippen LogP contribution in [0.25, 0.3) is 0 Å². The van der Waals surface area contributed by atoms with E-state index in [9.17, 15) is 0 Å². The maximum absolute atomic E-state index is 6.02. The predicted molar refractivity (Wildman–Crippen MR) is 90.7 cm³/mol. The third-order valence-electron chi connectivity index (χ3n) is 3.85. The molecule has 0 fully saturated rings. The Morgan fingerprint density at radius 1 is 0.727 bits per heavy atom. The van der Waals surface area contributed by atoms with Crippen LogP contribution in [0.15, 0.2) is 72.8 Å². The number of nitrogens with zero attached hydrogens (tertiary/aromatic N) is 1. The zero-order valence-corrected chi connectivity index (χ0v) is 12.3. The van der Waals surface area contributed by atoms with Gasteiger partial charge in [0.15, 0.2) is 11.5 Å². The van der Waals surface area contributed by atoms with Crippen LogP contribution < -0.4 is 15.0 Å². The van der Waals surface area contributed by atoms with E-state index in [1.807, 2.05) is 43.4 Å². The topological polar surface area (TPSA) is 24.5 Å². The minimum absolute atomic E-state index is 0.874.